The van der Waals surface area contributed by atoms with Crippen LogP contribution < -0.4 is 5.32 Å². The van der Waals surface area contributed by atoms with E-state index in [1.807, 2.05) is 30.3 Å². The molecule has 0 saturated carbocycles. The quantitative estimate of drug-likeness (QED) is 0.727. The van der Waals surface area contributed by atoms with Gasteiger partial charge in [0.1, 0.15) is 12.4 Å². The number of ether oxygens (including phenoxy) is 1. The fourth-order valence-corrected chi connectivity index (χ4v) is 2.14. The maximum atomic E-state index is 12.7. The Labute approximate surface area is 148 Å². The van der Waals surface area contributed by atoms with E-state index in [0.29, 0.717) is 12.0 Å². The third kappa shape index (κ3) is 6.16. The lowest BCUT2D eigenvalue weighted by Crippen LogP contribution is -2.24. The van der Waals surface area contributed by atoms with E-state index < -0.39 is 23.6 Å². The highest BCUT2D eigenvalue weighted by atomic mass is 19.4. The van der Waals surface area contributed by atoms with Crippen molar-refractivity contribution in [2.24, 2.45) is 0 Å². The smallest absolute Gasteiger partial charge is 0.419 e. The first-order chi connectivity index (χ1) is 12.4. The minimum Gasteiger partial charge on any atom is -0.507 e. The molecule has 0 spiro atoms. The molecule has 0 aliphatic rings. The number of phenolic OH excluding ortho intramolecular Hbond substituents is 1. The summed E-state index contributed by atoms with van der Waals surface area (Å²) in [5.41, 5.74) is 0.0967. The van der Waals surface area contributed by atoms with Crippen molar-refractivity contribution in [3.63, 3.8) is 0 Å². The van der Waals surface area contributed by atoms with Gasteiger partial charge in [0.2, 0.25) is 0 Å². The molecular weight excluding hydrogens is 347 g/mol. The van der Waals surface area contributed by atoms with Crippen LogP contribution in [0.15, 0.2) is 54.6 Å². The lowest BCUT2D eigenvalue weighted by atomic mass is 10.1. The van der Waals surface area contributed by atoms with Gasteiger partial charge < -0.3 is 15.2 Å². The van der Waals surface area contributed by atoms with Crippen molar-refractivity contribution in [2.45, 2.75) is 19.2 Å². The number of alkyl halides is 3. The van der Waals surface area contributed by atoms with Crippen molar-refractivity contribution in [2.75, 3.05) is 6.54 Å². The molecule has 0 radical (unpaired) electrons. The molecule has 138 valence electrons. The number of benzene rings is 2. The van der Waals surface area contributed by atoms with Crippen molar-refractivity contribution < 1.29 is 27.8 Å². The topological polar surface area (TPSA) is 58.6 Å². The number of amides is 1. The van der Waals surface area contributed by atoms with Crippen LogP contribution in [0.2, 0.25) is 0 Å². The second kappa shape index (κ2) is 8.94. The average Bonchev–Trinajstić information content (AvgIpc) is 2.61. The molecule has 4 nitrogen and oxygen atoms in total. The Morgan fingerprint density at radius 1 is 1.15 bits per heavy atom. The Bertz CT molecular complexity index is 758. The van der Waals surface area contributed by atoms with Crippen LogP contribution in [0.3, 0.4) is 0 Å². The SMILES string of the molecule is O=C(NCCC=Cc1ccc(O)c(C(F)(F)F)c1)OCc1ccccc1. The first kappa shape index (κ1) is 19.4. The molecule has 0 bridgehead atoms. The molecule has 0 unspecified atom stereocenters. The van der Waals surface area contributed by atoms with Gasteiger partial charge in [0.25, 0.3) is 0 Å². The Balaban J connectivity index is 1.75. The Hall–Kier alpha value is -2.96. The van der Waals surface area contributed by atoms with Crippen LogP contribution >= 0.6 is 0 Å². The number of hydrogen-bond donors (Lipinski definition) is 2. The minimum atomic E-state index is -4.61. The minimum absolute atomic E-state index is 0.163. The largest absolute Gasteiger partial charge is 0.507 e. The van der Waals surface area contributed by atoms with Gasteiger partial charge in [-0.2, -0.15) is 13.2 Å². The van der Waals surface area contributed by atoms with Crippen LogP contribution in [0.25, 0.3) is 6.08 Å². The van der Waals surface area contributed by atoms with Crippen molar-refractivity contribution in [3.05, 3.63) is 71.3 Å². The number of halogens is 3. The maximum Gasteiger partial charge on any atom is 0.419 e. The zero-order valence-electron chi connectivity index (χ0n) is 13.8. The van der Waals surface area contributed by atoms with E-state index in [4.69, 9.17) is 4.74 Å². The van der Waals surface area contributed by atoms with Crippen LogP contribution in [0.4, 0.5) is 18.0 Å². The average molecular weight is 365 g/mol. The fraction of sp³-hybridized carbons (Fsp3) is 0.211. The Morgan fingerprint density at radius 3 is 2.58 bits per heavy atom. The van der Waals surface area contributed by atoms with Gasteiger partial charge in [-0.05, 0) is 29.7 Å². The van der Waals surface area contributed by atoms with Crippen LogP contribution in [0.1, 0.15) is 23.1 Å². The van der Waals surface area contributed by atoms with E-state index in [-0.39, 0.29) is 13.2 Å². The lowest BCUT2D eigenvalue weighted by Gasteiger charge is -2.09. The normalized spacial score (nSPS) is 11.5. The summed E-state index contributed by atoms with van der Waals surface area (Å²) in [7, 11) is 0. The standard InChI is InChI=1S/C19H18F3NO3/c20-19(21,22)16-12-14(9-10-17(16)24)6-4-5-11-23-18(25)26-13-15-7-2-1-3-8-15/h1-4,6-10,12,24H,5,11,13H2,(H,23,25). The summed E-state index contributed by atoms with van der Waals surface area (Å²) in [6.45, 7) is 0.449. The molecule has 1 amide bonds. The van der Waals surface area contributed by atoms with E-state index in [9.17, 15) is 23.1 Å². The molecule has 7 heteroatoms. The molecule has 2 aromatic carbocycles. The summed E-state index contributed by atoms with van der Waals surface area (Å²) in [6.07, 6.45) is -1.64. The second-order valence-corrected chi connectivity index (χ2v) is 5.45. The van der Waals surface area contributed by atoms with Crippen LogP contribution in [-0.2, 0) is 17.5 Å². The molecule has 2 rings (SSSR count). The van der Waals surface area contributed by atoms with Crippen LogP contribution in [0.5, 0.6) is 5.75 Å². The van der Waals surface area contributed by atoms with Crippen molar-refractivity contribution >= 4 is 12.2 Å². The Kier molecular flexibility index (Phi) is 6.66. The van der Waals surface area contributed by atoms with Gasteiger partial charge in [0, 0.05) is 6.54 Å². The first-order valence-electron chi connectivity index (χ1n) is 7.87. The van der Waals surface area contributed by atoms with E-state index in [2.05, 4.69) is 5.32 Å². The predicted molar refractivity (Wildman–Crippen MR) is 91.4 cm³/mol. The number of carbonyl (C=O) groups excluding carboxylic acids is 1. The lowest BCUT2D eigenvalue weighted by molar-refractivity contribution is -0.138. The van der Waals surface area contributed by atoms with Crippen molar-refractivity contribution in [3.8, 4) is 5.75 Å². The van der Waals surface area contributed by atoms with Gasteiger partial charge in [-0.15, -0.1) is 0 Å². The number of rotatable bonds is 6. The zero-order chi connectivity index (χ0) is 19.0. The molecule has 0 fully saturated rings. The molecule has 0 aliphatic heterocycles. The highest BCUT2D eigenvalue weighted by Crippen LogP contribution is 2.36. The highest BCUT2D eigenvalue weighted by Gasteiger charge is 2.33. The molecule has 26 heavy (non-hydrogen) atoms. The fourth-order valence-electron chi connectivity index (χ4n) is 2.14. The molecule has 0 atom stereocenters. The number of aromatic hydroxyl groups is 1. The Morgan fingerprint density at radius 2 is 1.88 bits per heavy atom. The van der Waals surface area contributed by atoms with Gasteiger partial charge in [-0.3, -0.25) is 0 Å². The van der Waals surface area contributed by atoms with E-state index in [0.717, 1.165) is 17.7 Å². The summed E-state index contributed by atoms with van der Waals surface area (Å²) < 4.78 is 43.2. The van der Waals surface area contributed by atoms with E-state index >= 15 is 0 Å². The summed E-state index contributed by atoms with van der Waals surface area (Å²) in [6, 6.07) is 12.5. The highest BCUT2D eigenvalue weighted by molar-refractivity contribution is 5.67. The summed E-state index contributed by atoms with van der Waals surface area (Å²) in [5, 5.41) is 11.8. The van der Waals surface area contributed by atoms with Gasteiger partial charge in [0.05, 0.1) is 5.56 Å². The summed E-state index contributed by atoms with van der Waals surface area (Å²) >= 11 is 0. The first-order valence-corrected chi connectivity index (χ1v) is 7.87. The van der Waals surface area contributed by atoms with E-state index in [1.165, 1.54) is 12.1 Å². The summed E-state index contributed by atoms with van der Waals surface area (Å²) in [5.74, 6) is -0.808. The number of hydrogen-bond acceptors (Lipinski definition) is 3. The van der Waals surface area contributed by atoms with E-state index in [1.54, 1.807) is 6.08 Å². The van der Waals surface area contributed by atoms with Gasteiger partial charge in [0.15, 0.2) is 0 Å². The third-order valence-electron chi connectivity index (χ3n) is 3.43. The summed E-state index contributed by atoms with van der Waals surface area (Å²) in [4.78, 5) is 11.5. The molecule has 0 heterocycles. The molecule has 0 aromatic heterocycles. The molecular formula is C19H18F3NO3. The van der Waals surface area contributed by atoms with Gasteiger partial charge in [-0.1, -0.05) is 48.6 Å². The van der Waals surface area contributed by atoms with Crippen molar-refractivity contribution in [1.29, 1.82) is 0 Å². The van der Waals surface area contributed by atoms with Crippen molar-refractivity contribution in [1.82, 2.24) is 5.32 Å². The predicted octanol–water partition coefficient (Wildman–Crippen LogP) is 4.74. The molecule has 2 aromatic rings. The molecule has 0 saturated heterocycles. The monoisotopic (exact) mass is 365 g/mol. The number of carbonyl (C=O) groups is 1. The van der Waals surface area contributed by atoms with Crippen LogP contribution in [0, 0.1) is 0 Å². The zero-order valence-corrected chi connectivity index (χ0v) is 13.8. The van der Waals surface area contributed by atoms with Crippen LogP contribution in [-0.4, -0.2) is 17.7 Å². The number of phenols is 1. The van der Waals surface area contributed by atoms with Gasteiger partial charge >= 0.3 is 12.3 Å². The van der Waals surface area contributed by atoms with Gasteiger partial charge in [-0.25, -0.2) is 4.79 Å². The molecule has 2 N–H and O–H groups in total. The molecule has 0 aliphatic carbocycles. The second-order valence-electron chi connectivity index (χ2n) is 5.45. The third-order valence-corrected chi connectivity index (χ3v) is 3.43. The maximum absolute atomic E-state index is 12.7. The number of alkyl carbamates (subject to hydrolysis) is 1. The number of nitrogens with one attached hydrogen (secondary N) is 1.